The van der Waals surface area contributed by atoms with Crippen LogP contribution in [0.15, 0.2) is 0 Å². The van der Waals surface area contributed by atoms with E-state index < -0.39 is 31.0 Å². The van der Waals surface area contributed by atoms with Crippen molar-refractivity contribution >= 4 is 5.97 Å². The van der Waals surface area contributed by atoms with Gasteiger partial charge in [-0.25, -0.2) is 8.78 Å². The molecule has 1 heterocycles. The largest absolute Gasteiger partial charge is 0.481 e. The van der Waals surface area contributed by atoms with Gasteiger partial charge >= 0.3 is 5.97 Å². The normalized spacial score (nSPS) is 27.5. The number of aliphatic carboxylic acids is 1. The fraction of sp³-hybridized carbons (Fsp3) is 0.875. The summed E-state index contributed by atoms with van der Waals surface area (Å²) in [7, 11) is 0. The predicted octanol–water partition coefficient (Wildman–Crippen LogP) is 0.163. The van der Waals surface area contributed by atoms with Crippen molar-refractivity contribution in [1.82, 2.24) is 4.90 Å². The second kappa shape index (κ2) is 4.18. The number of rotatable bonds is 3. The molecule has 0 aromatic carbocycles. The first-order chi connectivity index (χ1) is 6.39. The van der Waals surface area contributed by atoms with Crippen LogP contribution in [-0.2, 0) is 4.79 Å². The summed E-state index contributed by atoms with van der Waals surface area (Å²) >= 11 is 0. The number of halogens is 2. The van der Waals surface area contributed by atoms with E-state index in [1.54, 1.807) is 0 Å². The average molecular weight is 209 g/mol. The first-order valence-corrected chi connectivity index (χ1v) is 4.39. The zero-order chi connectivity index (χ0) is 10.8. The Morgan fingerprint density at radius 2 is 2.21 bits per heavy atom. The van der Waals surface area contributed by atoms with Gasteiger partial charge in [0.25, 0.3) is 5.92 Å². The highest BCUT2D eigenvalue weighted by molar-refractivity contribution is 5.66. The summed E-state index contributed by atoms with van der Waals surface area (Å²) in [5.74, 6) is -3.93. The number of nitrogens with zero attached hydrogens (tertiary/aromatic N) is 1. The van der Waals surface area contributed by atoms with Gasteiger partial charge in [-0.2, -0.15) is 0 Å². The lowest BCUT2D eigenvalue weighted by Gasteiger charge is -2.34. The monoisotopic (exact) mass is 209 g/mol. The number of hydrogen-bond donors (Lipinski definition) is 2. The molecule has 0 spiro atoms. The van der Waals surface area contributed by atoms with Crippen LogP contribution in [0.2, 0.25) is 0 Å². The van der Waals surface area contributed by atoms with Crippen molar-refractivity contribution < 1.29 is 23.8 Å². The van der Waals surface area contributed by atoms with E-state index in [1.165, 1.54) is 4.90 Å². The van der Waals surface area contributed by atoms with E-state index in [1.807, 2.05) is 0 Å². The van der Waals surface area contributed by atoms with E-state index in [0.29, 0.717) is 0 Å². The first kappa shape index (κ1) is 11.3. The van der Waals surface area contributed by atoms with Crippen molar-refractivity contribution in [3.8, 4) is 0 Å². The van der Waals surface area contributed by atoms with Gasteiger partial charge in [-0.15, -0.1) is 0 Å². The molecule has 0 bridgehead atoms. The van der Waals surface area contributed by atoms with Gasteiger partial charge in [-0.3, -0.25) is 9.69 Å². The molecule has 1 unspecified atom stereocenters. The number of aliphatic hydroxyl groups is 1. The number of carboxylic acids is 1. The van der Waals surface area contributed by atoms with Crippen molar-refractivity contribution in [2.75, 3.05) is 19.6 Å². The summed E-state index contributed by atoms with van der Waals surface area (Å²) in [5.41, 5.74) is 0. The first-order valence-electron chi connectivity index (χ1n) is 4.39. The summed E-state index contributed by atoms with van der Waals surface area (Å²) in [5, 5.41) is 17.5. The summed E-state index contributed by atoms with van der Waals surface area (Å²) in [6.45, 7) is -0.276. The number of alkyl halides is 2. The van der Waals surface area contributed by atoms with Crippen molar-refractivity contribution in [2.45, 2.75) is 24.9 Å². The van der Waals surface area contributed by atoms with Crippen LogP contribution in [0.3, 0.4) is 0 Å². The smallest absolute Gasteiger partial charge is 0.304 e. The van der Waals surface area contributed by atoms with Gasteiger partial charge in [0.15, 0.2) is 0 Å². The second-order valence-electron chi connectivity index (χ2n) is 3.59. The molecule has 6 heteroatoms. The van der Waals surface area contributed by atoms with E-state index in [-0.39, 0.29) is 19.5 Å². The van der Waals surface area contributed by atoms with Gasteiger partial charge in [-0.05, 0) is 0 Å². The molecule has 0 aliphatic carbocycles. The summed E-state index contributed by atoms with van der Waals surface area (Å²) in [6, 6.07) is 0. The molecule has 1 atom stereocenters. The lowest BCUT2D eigenvalue weighted by Crippen LogP contribution is -2.49. The molecule has 1 aliphatic heterocycles. The predicted molar refractivity (Wildman–Crippen MR) is 44.3 cm³/mol. The molecule has 0 aromatic rings. The molecular weight excluding hydrogens is 196 g/mol. The lowest BCUT2D eigenvalue weighted by atomic mass is 10.0. The highest BCUT2D eigenvalue weighted by Gasteiger charge is 2.39. The molecule has 4 nitrogen and oxygen atoms in total. The Morgan fingerprint density at radius 3 is 2.71 bits per heavy atom. The van der Waals surface area contributed by atoms with Crippen molar-refractivity contribution in [3.63, 3.8) is 0 Å². The molecule has 82 valence electrons. The molecule has 1 rings (SSSR count). The van der Waals surface area contributed by atoms with E-state index in [4.69, 9.17) is 10.2 Å². The van der Waals surface area contributed by atoms with Crippen molar-refractivity contribution in [3.05, 3.63) is 0 Å². The van der Waals surface area contributed by atoms with Gasteiger partial charge in [0.05, 0.1) is 19.1 Å². The number of hydrogen-bond acceptors (Lipinski definition) is 3. The summed E-state index contributed by atoms with van der Waals surface area (Å²) in [4.78, 5) is 11.5. The number of carbonyl (C=O) groups is 1. The third kappa shape index (κ3) is 3.55. The van der Waals surface area contributed by atoms with E-state index >= 15 is 0 Å². The van der Waals surface area contributed by atoms with Crippen molar-refractivity contribution in [1.29, 1.82) is 0 Å². The van der Waals surface area contributed by atoms with Crippen LogP contribution >= 0.6 is 0 Å². The van der Waals surface area contributed by atoms with E-state index in [0.717, 1.165) is 0 Å². The van der Waals surface area contributed by atoms with E-state index in [9.17, 15) is 13.6 Å². The van der Waals surface area contributed by atoms with Crippen LogP contribution in [-0.4, -0.2) is 52.7 Å². The number of piperidine rings is 1. The number of carboxylic acid groups (broad SMARTS) is 1. The Balaban J connectivity index is 2.42. The maximum Gasteiger partial charge on any atom is 0.304 e. The van der Waals surface area contributed by atoms with Crippen LogP contribution < -0.4 is 0 Å². The van der Waals surface area contributed by atoms with Crippen LogP contribution in [0.1, 0.15) is 12.8 Å². The fourth-order valence-electron chi connectivity index (χ4n) is 1.59. The zero-order valence-electron chi connectivity index (χ0n) is 7.62. The summed E-state index contributed by atoms with van der Waals surface area (Å²) in [6.07, 6.45) is -1.77. The SMILES string of the molecule is O=C(O)CCN1CC(O)CC(F)(F)C1. The van der Waals surface area contributed by atoms with E-state index in [2.05, 4.69) is 0 Å². The zero-order valence-corrected chi connectivity index (χ0v) is 7.62. The van der Waals surface area contributed by atoms with Gasteiger partial charge < -0.3 is 10.2 Å². The minimum absolute atomic E-state index is 0.0575. The van der Waals surface area contributed by atoms with Crippen LogP contribution in [0, 0.1) is 0 Å². The Morgan fingerprint density at radius 1 is 1.57 bits per heavy atom. The Bertz CT molecular complexity index is 223. The van der Waals surface area contributed by atoms with Gasteiger partial charge in [0, 0.05) is 19.5 Å². The maximum absolute atomic E-state index is 12.9. The molecule has 14 heavy (non-hydrogen) atoms. The van der Waals surface area contributed by atoms with Gasteiger partial charge in [-0.1, -0.05) is 0 Å². The van der Waals surface area contributed by atoms with Gasteiger partial charge in [0.2, 0.25) is 0 Å². The highest BCUT2D eigenvalue weighted by atomic mass is 19.3. The highest BCUT2D eigenvalue weighted by Crippen LogP contribution is 2.26. The van der Waals surface area contributed by atoms with Crippen molar-refractivity contribution in [2.24, 2.45) is 0 Å². The Labute approximate surface area is 80.1 Å². The fourth-order valence-corrected chi connectivity index (χ4v) is 1.59. The molecule has 0 amide bonds. The minimum Gasteiger partial charge on any atom is -0.481 e. The van der Waals surface area contributed by atoms with Gasteiger partial charge in [0.1, 0.15) is 0 Å². The average Bonchev–Trinajstić information content (AvgIpc) is 1.96. The standard InChI is InChI=1S/C8H13F2NO3/c9-8(10)3-6(12)4-11(5-8)2-1-7(13)14/h6,12H,1-5H2,(H,13,14). The molecule has 1 fully saturated rings. The number of β-amino-alcohol motifs (C(OH)–C–C–N with tert-alkyl or cyclic N) is 1. The molecule has 1 saturated heterocycles. The quantitative estimate of drug-likeness (QED) is 0.695. The molecule has 0 radical (unpaired) electrons. The minimum atomic E-state index is -2.91. The number of aliphatic hydroxyl groups excluding tert-OH is 1. The molecule has 0 saturated carbocycles. The van der Waals surface area contributed by atoms with Crippen LogP contribution in [0.4, 0.5) is 8.78 Å². The molecule has 0 aromatic heterocycles. The Hall–Kier alpha value is -0.750. The Kier molecular flexibility index (Phi) is 3.38. The molecular formula is C8H13F2NO3. The number of likely N-dealkylation sites (tertiary alicyclic amines) is 1. The topological polar surface area (TPSA) is 60.8 Å². The maximum atomic E-state index is 12.9. The third-order valence-corrected chi connectivity index (χ3v) is 2.10. The molecule has 1 aliphatic rings. The lowest BCUT2D eigenvalue weighted by molar-refractivity contribution is -0.139. The van der Waals surface area contributed by atoms with Crippen LogP contribution in [0.5, 0.6) is 0 Å². The van der Waals surface area contributed by atoms with Crippen LogP contribution in [0.25, 0.3) is 0 Å². The molecule has 2 N–H and O–H groups in total. The third-order valence-electron chi connectivity index (χ3n) is 2.10. The second-order valence-corrected chi connectivity index (χ2v) is 3.59. The summed E-state index contributed by atoms with van der Waals surface area (Å²) < 4.78 is 25.8.